The average Bonchev–Trinajstić information content (AvgIpc) is 2.93. The predicted molar refractivity (Wildman–Crippen MR) is 59.1 cm³/mol. The SMILES string of the molecule is C/C=C(\Cl)[C@]12O[C@@]1(Cl)[C@H](O)C=C(OC)[C@H]2O. The molecule has 4 atom stereocenters. The molecule has 0 radical (unpaired) electrons. The molecule has 2 N–H and O–H groups in total. The summed E-state index contributed by atoms with van der Waals surface area (Å²) >= 11 is 12.1. The maximum absolute atomic E-state index is 10.1. The lowest BCUT2D eigenvalue weighted by molar-refractivity contribution is 0.0665. The Morgan fingerprint density at radius 1 is 1.62 bits per heavy atom. The van der Waals surface area contributed by atoms with Gasteiger partial charge in [0, 0.05) is 0 Å². The number of hydrogen-bond donors (Lipinski definition) is 2. The van der Waals surface area contributed by atoms with Crippen LogP contribution in [-0.2, 0) is 9.47 Å². The van der Waals surface area contributed by atoms with Crippen LogP contribution in [0.2, 0.25) is 0 Å². The molecular formula is C10H12Cl2O4. The molecule has 6 heteroatoms. The van der Waals surface area contributed by atoms with Crippen molar-refractivity contribution < 1.29 is 19.7 Å². The fourth-order valence-electron chi connectivity index (χ4n) is 2.02. The quantitative estimate of drug-likeness (QED) is 0.581. The summed E-state index contributed by atoms with van der Waals surface area (Å²) in [6, 6.07) is 0. The van der Waals surface area contributed by atoms with Gasteiger partial charge in [-0.05, 0) is 13.0 Å². The molecule has 0 aromatic carbocycles. The first-order chi connectivity index (χ1) is 7.44. The first-order valence-electron chi connectivity index (χ1n) is 4.77. The largest absolute Gasteiger partial charge is 0.498 e. The molecule has 0 aromatic heterocycles. The van der Waals surface area contributed by atoms with Gasteiger partial charge in [-0.2, -0.15) is 0 Å². The van der Waals surface area contributed by atoms with Crippen molar-refractivity contribution in [2.75, 3.05) is 7.11 Å². The number of methoxy groups -OCH3 is 1. The zero-order valence-electron chi connectivity index (χ0n) is 8.78. The molecule has 16 heavy (non-hydrogen) atoms. The molecule has 0 bridgehead atoms. The Bertz CT molecular complexity index is 381. The topological polar surface area (TPSA) is 62.2 Å². The van der Waals surface area contributed by atoms with Crippen molar-refractivity contribution in [1.29, 1.82) is 0 Å². The Balaban J connectivity index is 2.47. The maximum Gasteiger partial charge on any atom is 0.209 e. The predicted octanol–water partition coefficient (Wildman–Crippen LogP) is 1.10. The van der Waals surface area contributed by atoms with Crippen molar-refractivity contribution in [3.63, 3.8) is 0 Å². The van der Waals surface area contributed by atoms with Gasteiger partial charge < -0.3 is 19.7 Å². The molecular weight excluding hydrogens is 255 g/mol. The van der Waals surface area contributed by atoms with E-state index in [0.717, 1.165) is 0 Å². The second-order valence-corrected chi connectivity index (χ2v) is 4.71. The fraction of sp³-hybridized carbons (Fsp3) is 0.600. The van der Waals surface area contributed by atoms with Gasteiger partial charge >= 0.3 is 0 Å². The minimum absolute atomic E-state index is 0.196. The summed E-state index contributed by atoms with van der Waals surface area (Å²) in [4.78, 5) is 0. The summed E-state index contributed by atoms with van der Waals surface area (Å²) in [6.07, 6.45) is 0.687. The molecule has 4 nitrogen and oxygen atoms in total. The molecule has 1 heterocycles. The third kappa shape index (κ3) is 1.22. The van der Waals surface area contributed by atoms with E-state index in [1.165, 1.54) is 13.2 Å². The highest BCUT2D eigenvalue weighted by Crippen LogP contribution is 2.64. The number of halogens is 2. The summed E-state index contributed by atoms with van der Waals surface area (Å²) in [7, 11) is 1.39. The lowest BCUT2D eigenvalue weighted by Gasteiger charge is -2.28. The van der Waals surface area contributed by atoms with E-state index in [1.54, 1.807) is 13.0 Å². The molecule has 1 saturated heterocycles. The van der Waals surface area contributed by atoms with Crippen molar-refractivity contribution in [1.82, 2.24) is 0 Å². The second-order valence-electron chi connectivity index (χ2n) is 3.74. The van der Waals surface area contributed by atoms with E-state index >= 15 is 0 Å². The van der Waals surface area contributed by atoms with Crippen LogP contribution in [0.3, 0.4) is 0 Å². The zero-order chi connectivity index (χ0) is 12.1. The molecule has 1 aliphatic heterocycles. The Morgan fingerprint density at radius 3 is 2.75 bits per heavy atom. The number of hydrogen-bond acceptors (Lipinski definition) is 4. The molecule has 0 aromatic rings. The van der Waals surface area contributed by atoms with Crippen molar-refractivity contribution in [2.24, 2.45) is 0 Å². The van der Waals surface area contributed by atoms with Gasteiger partial charge in [-0.1, -0.05) is 29.3 Å². The highest BCUT2D eigenvalue weighted by Gasteiger charge is 2.80. The number of aliphatic hydroxyl groups is 2. The number of aliphatic hydroxyl groups excluding tert-OH is 2. The third-order valence-corrected chi connectivity index (χ3v) is 4.06. The van der Waals surface area contributed by atoms with Crippen LogP contribution < -0.4 is 0 Å². The zero-order valence-corrected chi connectivity index (χ0v) is 10.3. The van der Waals surface area contributed by atoms with Crippen molar-refractivity contribution in [3.8, 4) is 0 Å². The number of rotatable bonds is 2. The summed E-state index contributed by atoms with van der Waals surface area (Å²) in [5, 5.41) is 18.7. The molecule has 1 aliphatic carbocycles. The van der Waals surface area contributed by atoms with Crippen LogP contribution in [0.25, 0.3) is 0 Å². The van der Waals surface area contributed by atoms with Crippen LogP contribution in [0, 0.1) is 0 Å². The van der Waals surface area contributed by atoms with E-state index in [0.29, 0.717) is 0 Å². The van der Waals surface area contributed by atoms with Crippen LogP contribution in [0.4, 0.5) is 0 Å². The number of epoxide rings is 1. The van der Waals surface area contributed by atoms with Crippen LogP contribution in [0.15, 0.2) is 22.9 Å². The van der Waals surface area contributed by atoms with E-state index in [-0.39, 0.29) is 10.8 Å². The lowest BCUT2D eigenvalue weighted by atomic mass is 9.87. The molecule has 2 rings (SSSR count). The highest BCUT2D eigenvalue weighted by atomic mass is 35.5. The average molecular weight is 267 g/mol. The molecule has 0 saturated carbocycles. The summed E-state index contributed by atoms with van der Waals surface area (Å²) in [5.41, 5.74) is -1.30. The standard InChI is InChI=1S/C10H12Cl2O4/c1-3-6(11)9-8(14)5(15-2)4-7(13)10(9,12)16-9/h3-4,7-8,13-14H,1-2H3/b6-3-/t7-,8-,9-,10+/m1/s1. The number of alkyl halides is 1. The molecule has 0 amide bonds. The third-order valence-electron chi connectivity index (χ3n) is 2.98. The molecule has 1 fully saturated rings. The second kappa shape index (κ2) is 3.62. The van der Waals surface area contributed by atoms with Gasteiger partial charge in [0.2, 0.25) is 5.06 Å². The lowest BCUT2D eigenvalue weighted by Crippen LogP contribution is -2.46. The molecule has 90 valence electrons. The number of fused-ring (bicyclic) bond motifs is 1. The van der Waals surface area contributed by atoms with Crippen LogP contribution in [-0.4, -0.2) is 40.2 Å². The normalized spacial score (nSPS) is 47.1. The first-order valence-corrected chi connectivity index (χ1v) is 5.52. The minimum atomic E-state index is -1.40. The van der Waals surface area contributed by atoms with Gasteiger partial charge in [0.05, 0.1) is 12.1 Å². The van der Waals surface area contributed by atoms with Crippen LogP contribution >= 0.6 is 23.2 Å². The van der Waals surface area contributed by atoms with Gasteiger partial charge in [0.15, 0.2) is 5.60 Å². The van der Waals surface area contributed by atoms with Gasteiger partial charge in [-0.25, -0.2) is 0 Å². The number of allylic oxidation sites excluding steroid dienone is 1. The Kier molecular flexibility index (Phi) is 2.76. The Hall–Kier alpha value is -0.260. The molecule has 0 unspecified atom stereocenters. The van der Waals surface area contributed by atoms with E-state index in [4.69, 9.17) is 32.7 Å². The van der Waals surface area contributed by atoms with Crippen LogP contribution in [0.5, 0.6) is 0 Å². The van der Waals surface area contributed by atoms with Crippen molar-refractivity contribution in [3.05, 3.63) is 22.9 Å². The number of ether oxygens (including phenoxy) is 2. The molecule has 0 spiro atoms. The minimum Gasteiger partial charge on any atom is -0.498 e. The summed E-state index contributed by atoms with van der Waals surface area (Å²) in [5.74, 6) is 0.196. The van der Waals surface area contributed by atoms with E-state index in [1.807, 2.05) is 0 Å². The van der Waals surface area contributed by atoms with E-state index < -0.39 is 22.9 Å². The fourth-order valence-corrected chi connectivity index (χ4v) is 2.74. The Labute approximate surface area is 103 Å². The van der Waals surface area contributed by atoms with Crippen molar-refractivity contribution in [2.45, 2.75) is 29.8 Å². The van der Waals surface area contributed by atoms with E-state index in [9.17, 15) is 10.2 Å². The maximum atomic E-state index is 10.1. The van der Waals surface area contributed by atoms with Crippen LogP contribution in [0.1, 0.15) is 6.92 Å². The van der Waals surface area contributed by atoms with Crippen molar-refractivity contribution >= 4 is 23.2 Å². The monoisotopic (exact) mass is 266 g/mol. The molecule has 2 aliphatic rings. The summed E-state index contributed by atoms with van der Waals surface area (Å²) < 4.78 is 10.3. The first kappa shape index (κ1) is 12.2. The van der Waals surface area contributed by atoms with Gasteiger partial charge in [0.25, 0.3) is 0 Å². The van der Waals surface area contributed by atoms with Gasteiger partial charge in [-0.3, -0.25) is 0 Å². The smallest absolute Gasteiger partial charge is 0.209 e. The summed E-state index contributed by atoms with van der Waals surface area (Å²) in [6.45, 7) is 1.69. The van der Waals surface area contributed by atoms with Gasteiger partial charge in [0.1, 0.15) is 18.0 Å². The Morgan fingerprint density at radius 2 is 2.25 bits per heavy atom. The highest BCUT2D eigenvalue weighted by molar-refractivity contribution is 6.35. The van der Waals surface area contributed by atoms with E-state index in [2.05, 4.69) is 0 Å². The van der Waals surface area contributed by atoms with Gasteiger partial charge in [-0.15, -0.1) is 0 Å².